The van der Waals surface area contributed by atoms with Gasteiger partial charge in [-0.05, 0) is 47.9 Å². The van der Waals surface area contributed by atoms with Crippen LogP contribution in [0.2, 0.25) is 0 Å². The first kappa shape index (κ1) is 23.4. The number of allylic oxidation sites excluding steroid dienone is 1. The van der Waals surface area contributed by atoms with Crippen LogP contribution in [-0.4, -0.2) is 15.9 Å². The van der Waals surface area contributed by atoms with Crippen LogP contribution in [0.3, 0.4) is 0 Å². The molecule has 1 fully saturated rings. The van der Waals surface area contributed by atoms with E-state index in [0.717, 1.165) is 16.7 Å². The Morgan fingerprint density at radius 2 is 1.59 bits per heavy atom. The van der Waals surface area contributed by atoms with Gasteiger partial charge < -0.3 is 4.74 Å². The second kappa shape index (κ2) is 10.1. The van der Waals surface area contributed by atoms with Crippen molar-refractivity contribution in [3.05, 3.63) is 111 Å². The molecule has 1 aliphatic rings. The van der Waals surface area contributed by atoms with E-state index in [1.54, 1.807) is 12.1 Å². The van der Waals surface area contributed by atoms with Crippen LogP contribution in [0.1, 0.15) is 37.8 Å². The van der Waals surface area contributed by atoms with Gasteiger partial charge in [0.1, 0.15) is 10.5 Å². The highest BCUT2D eigenvalue weighted by atomic mass is 32.2. The Bertz CT molecular complexity index is 1250. The van der Waals surface area contributed by atoms with Gasteiger partial charge in [-0.2, -0.15) is 0 Å². The van der Waals surface area contributed by atoms with Crippen LogP contribution < -0.4 is 0 Å². The van der Waals surface area contributed by atoms with Gasteiger partial charge in [-0.25, -0.2) is 4.99 Å². The van der Waals surface area contributed by atoms with Gasteiger partial charge in [-0.15, -0.1) is 0 Å². The van der Waals surface area contributed by atoms with Gasteiger partial charge in [0.15, 0.2) is 5.09 Å². The van der Waals surface area contributed by atoms with Gasteiger partial charge in [0, 0.05) is 17.7 Å². The molecule has 4 rings (SSSR count). The SMILES string of the molecule is CC/C(=C1\OC(=O)[C@@](CC)(c2ccccc2)C(=Nc2ccc([N+](=O)[O-])cc2)S1)c1ccccc1. The molecule has 0 unspecified atom stereocenters. The Labute approximate surface area is 202 Å². The van der Waals surface area contributed by atoms with Crippen molar-refractivity contribution in [2.75, 3.05) is 0 Å². The van der Waals surface area contributed by atoms with Crippen LogP contribution in [0.4, 0.5) is 11.4 Å². The number of cyclic esters (lactones) is 1. The number of carbonyl (C=O) groups excluding carboxylic acids is 1. The van der Waals surface area contributed by atoms with E-state index in [1.165, 1.54) is 23.9 Å². The first-order chi connectivity index (χ1) is 16.5. The lowest BCUT2D eigenvalue weighted by Crippen LogP contribution is -2.46. The van der Waals surface area contributed by atoms with Gasteiger partial charge >= 0.3 is 5.97 Å². The molecule has 0 radical (unpaired) electrons. The van der Waals surface area contributed by atoms with Crippen molar-refractivity contribution in [1.82, 2.24) is 0 Å². The number of esters is 1. The molecule has 0 amide bonds. The average molecular weight is 473 g/mol. The Kier molecular flexibility index (Phi) is 6.93. The number of hydrogen-bond acceptors (Lipinski definition) is 6. The summed E-state index contributed by atoms with van der Waals surface area (Å²) in [7, 11) is 0. The van der Waals surface area contributed by atoms with Crippen LogP contribution >= 0.6 is 11.8 Å². The molecule has 1 saturated heterocycles. The van der Waals surface area contributed by atoms with Gasteiger partial charge in [-0.1, -0.05) is 74.5 Å². The maximum absolute atomic E-state index is 13.7. The molecule has 1 atom stereocenters. The monoisotopic (exact) mass is 472 g/mol. The van der Waals surface area contributed by atoms with Crippen LogP contribution in [-0.2, 0) is 14.9 Å². The second-order valence-electron chi connectivity index (χ2n) is 7.79. The third kappa shape index (κ3) is 4.39. The van der Waals surface area contributed by atoms with E-state index >= 15 is 0 Å². The molecule has 0 aromatic heterocycles. The predicted octanol–water partition coefficient (Wildman–Crippen LogP) is 7.04. The summed E-state index contributed by atoms with van der Waals surface area (Å²) in [5, 5.41) is 12.2. The molecule has 0 N–H and O–H groups in total. The Hall–Kier alpha value is -3.71. The number of ether oxygens (including phenoxy) is 1. The summed E-state index contributed by atoms with van der Waals surface area (Å²) in [5.74, 6) is -0.377. The van der Waals surface area contributed by atoms with E-state index in [2.05, 4.69) is 0 Å². The first-order valence-electron chi connectivity index (χ1n) is 11.1. The quantitative estimate of drug-likeness (QED) is 0.218. The lowest BCUT2D eigenvalue weighted by Gasteiger charge is -2.36. The fourth-order valence-corrected chi connectivity index (χ4v) is 5.38. The molecule has 0 spiro atoms. The highest BCUT2D eigenvalue weighted by Crippen LogP contribution is 2.47. The van der Waals surface area contributed by atoms with E-state index in [9.17, 15) is 14.9 Å². The van der Waals surface area contributed by atoms with Crippen LogP contribution in [0.25, 0.3) is 5.57 Å². The molecule has 3 aromatic rings. The first-order valence-corrected chi connectivity index (χ1v) is 11.9. The van der Waals surface area contributed by atoms with E-state index in [4.69, 9.17) is 9.73 Å². The minimum atomic E-state index is -1.08. The van der Waals surface area contributed by atoms with Crippen LogP contribution in [0, 0.1) is 10.1 Å². The van der Waals surface area contributed by atoms with E-state index in [0.29, 0.717) is 28.7 Å². The van der Waals surface area contributed by atoms with Crippen LogP contribution in [0.5, 0.6) is 0 Å². The summed E-state index contributed by atoms with van der Waals surface area (Å²) in [6, 6.07) is 25.3. The summed E-state index contributed by atoms with van der Waals surface area (Å²) >= 11 is 1.35. The number of nitro benzene ring substituents is 1. The number of benzene rings is 3. The van der Waals surface area contributed by atoms with Crippen molar-refractivity contribution in [1.29, 1.82) is 0 Å². The number of carbonyl (C=O) groups is 1. The van der Waals surface area contributed by atoms with Crippen molar-refractivity contribution >= 4 is 39.7 Å². The maximum atomic E-state index is 13.7. The zero-order chi connectivity index (χ0) is 24.1. The summed E-state index contributed by atoms with van der Waals surface area (Å²) in [5.41, 5.74) is 2.16. The minimum absolute atomic E-state index is 0.0117. The fourth-order valence-electron chi connectivity index (χ4n) is 4.03. The summed E-state index contributed by atoms with van der Waals surface area (Å²) in [6.45, 7) is 3.96. The highest BCUT2D eigenvalue weighted by Gasteiger charge is 2.50. The van der Waals surface area contributed by atoms with Crippen molar-refractivity contribution in [2.45, 2.75) is 32.1 Å². The third-order valence-electron chi connectivity index (χ3n) is 5.90. The maximum Gasteiger partial charge on any atom is 0.329 e. The van der Waals surface area contributed by atoms with Gasteiger partial charge in [0.2, 0.25) is 0 Å². The topological polar surface area (TPSA) is 81.8 Å². The van der Waals surface area contributed by atoms with Gasteiger partial charge in [0.25, 0.3) is 5.69 Å². The smallest absolute Gasteiger partial charge is 0.329 e. The summed E-state index contributed by atoms with van der Waals surface area (Å²) in [4.78, 5) is 29.2. The van der Waals surface area contributed by atoms with Gasteiger partial charge in [0.05, 0.1) is 10.6 Å². The molecule has 7 heteroatoms. The molecule has 172 valence electrons. The Balaban J connectivity index is 1.89. The molecule has 6 nitrogen and oxygen atoms in total. The van der Waals surface area contributed by atoms with E-state index in [1.807, 2.05) is 74.5 Å². The number of aliphatic imine (C=N–C) groups is 1. The number of non-ortho nitro benzene ring substituents is 1. The summed E-state index contributed by atoms with van der Waals surface area (Å²) in [6.07, 6.45) is 1.13. The number of nitro groups is 1. The van der Waals surface area contributed by atoms with Crippen molar-refractivity contribution in [3.8, 4) is 0 Å². The van der Waals surface area contributed by atoms with E-state index < -0.39 is 10.3 Å². The zero-order valence-electron chi connectivity index (χ0n) is 18.9. The number of hydrogen-bond donors (Lipinski definition) is 0. The predicted molar refractivity (Wildman–Crippen MR) is 136 cm³/mol. The number of thioether (sulfide) groups is 1. The van der Waals surface area contributed by atoms with E-state index in [-0.39, 0.29) is 11.7 Å². The normalized spacial score (nSPS) is 20.6. The Morgan fingerprint density at radius 3 is 2.15 bits per heavy atom. The molecule has 3 aromatic carbocycles. The zero-order valence-corrected chi connectivity index (χ0v) is 19.7. The molecular weight excluding hydrogens is 448 g/mol. The standard InChI is InChI=1S/C27H24N2O4S/c1-3-23(19-11-7-5-8-12-19)24-33-26(30)27(4-2,20-13-9-6-10-14-20)25(34-24)28-21-15-17-22(18-16-21)29(31)32/h5-18H,3-4H2,1-2H3/b24-23-,28-25?/t27-/m0/s1. The number of nitrogens with zero attached hydrogens (tertiary/aromatic N) is 2. The van der Waals surface area contributed by atoms with Crippen molar-refractivity contribution in [2.24, 2.45) is 4.99 Å². The minimum Gasteiger partial charge on any atom is -0.418 e. The lowest BCUT2D eigenvalue weighted by atomic mass is 9.78. The third-order valence-corrected chi connectivity index (χ3v) is 7.05. The molecule has 0 saturated carbocycles. The molecule has 1 heterocycles. The van der Waals surface area contributed by atoms with Crippen LogP contribution in [0.15, 0.2) is 95.0 Å². The second-order valence-corrected chi connectivity index (χ2v) is 8.75. The average Bonchev–Trinajstić information content (AvgIpc) is 2.86. The molecular formula is C27H24N2O4S. The van der Waals surface area contributed by atoms with Crippen molar-refractivity contribution in [3.63, 3.8) is 0 Å². The largest absolute Gasteiger partial charge is 0.418 e. The molecule has 34 heavy (non-hydrogen) atoms. The number of rotatable bonds is 6. The molecule has 0 bridgehead atoms. The fraction of sp³-hybridized carbons (Fsp3) is 0.185. The summed E-state index contributed by atoms with van der Waals surface area (Å²) < 4.78 is 6.01. The Morgan fingerprint density at radius 1 is 0.971 bits per heavy atom. The lowest BCUT2D eigenvalue weighted by molar-refractivity contribution is -0.384. The van der Waals surface area contributed by atoms with Crippen molar-refractivity contribution < 1.29 is 14.5 Å². The van der Waals surface area contributed by atoms with Gasteiger partial charge in [-0.3, -0.25) is 14.9 Å². The molecule has 1 aliphatic heterocycles. The highest BCUT2D eigenvalue weighted by molar-refractivity contribution is 8.17. The molecule has 0 aliphatic carbocycles.